The lowest BCUT2D eigenvalue weighted by atomic mass is 9.94. The van der Waals surface area contributed by atoms with E-state index in [2.05, 4.69) is 4.90 Å². The molecule has 1 unspecified atom stereocenters. The van der Waals surface area contributed by atoms with Gasteiger partial charge in [0.15, 0.2) is 0 Å². The van der Waals surface area contributed by atoms with Crippen molar-refractivity contribution in [1.82, 2.24) is 9.80 Å². The number of hydrogen-bond donors (Lipinski definition) is 1. The zero-order valence-corrected chi connectivity index (χ0v) is 20.3. The number of likely N-dealkylation sites (tertiary alicyclic amines) is 1. The number of Topliss-reactive ketones (excluding diaryl/α,β-unsaturated/α-hetero) is 1. The second kappa shape index (κ2) is 11.3. The average Bonchev–Trinajstić information content (AvgIpc) is 3.08. The summed E-state index contributed by atoms with van der Waals surface area (Å²) in [6.45, 7) is 10.8. The smallest absolute Gasteiger partial charge is 0.295 e. The number of carbonyl (C=O) groups excluding carboxylic acids is 2. The first-order valence-electron chi connectivity index (χ1n) is 11.8. The monoisotopic (exact) mass is 468 g/mol. The molecule has 0 aromatic heterocycles. The maximum absolute atomic E-state index is 14.9. The van der Waals surface area contributed by atoms with E-state index in [0.717, 1.165) is 25.1 Å². The van der Waals surface area contributed by atoms with Crippen LogP contribution in [0.25, 0.3) is 5.76 Å². The molecule has 7 heteroatoms. The molecule has 0 aliphatic carbocycles. The van der Waals surface area contributed by atoms with Gasteiger partial charge in [-0.2, -0.15) is 0 Å². The predicted molar refractivity (Wildman–Crippen MR) is 130 cm³/mol. The Morgan fingerprint density at radius 2 is 1.82 bits per heavy atom. The van der Waals surface area contributed by atoms with E-state index in [1.807, 2.05) is 27.7 Å². The largest absolute Gasteiger partial charge is 0.507 e. The quantitative estimate of drug-likeness (QED) is 0.311. The number of carbonyl (C=O) groups is 2. The number of rotatable bonds is 10. The molecule has 1 N–H and O–H groups in total. The molecule has 0 radical (unpaired) electrons. The number of aryl methyl sites for hydroxylation is 1. The van der Waals surface area contributed by atoms with Crippen LogP contribution in [-0.4, -0.2) is 59.4 Å². The molecule has 0 bridgehead atoms. The molecule has 6 nitrogen and oxygen atoms in total. The van der Waals surface area contributed by atoms with E-state index < -0.39 is 23.5 Å². The number of halogens is 1. The number of aliphatic hydroxyl groups excluding tert-OH is 1. The summed E-state index contributed by atoms with van der Waals surface area (Å²) in [5.41, 5.74) is 1.25. The van der Waals surface area contributed by atoms with Gasteiger partial charge in [0.2, 0.25) is 0 Å². The van der Waals surface area contributed by atoms with Crippen LogP contribution in [0.15, 0.2) is 48.0 Å². The Labute approximate surface area is 200 Å². The molecule has 0 spiro atoms. The third kappa shape index (κ3) is 5.14. The molecule has 2 aromatic carbocycles. The highest BCUT2D eigenvalue weighted by atomic mass is 19.1. The molecule has 0 saturated carbocycles. The van der Waals surface area contributed by atoms with E-state index >= 15 is 0 Å². The first kappa shape index (κ1) is 25.4. The highest BCUT2D eigenvalue weighted by Crippen LogP contribution is 2.40. The zero-order chi connectivity index (χ0) is 24.8. The Hall–Kier alpha value is -3.19. The SMILES string of the molecule is CCCOc1ccc(/C(O)=C2\C(=O)C(=O)N(CCN(CC)CC)C2c2ccccc2F)cc1C. The summed E-state index contributed by atoms with van der Waals surface area (Å²) in [5.74, 6) is -1.71. The molecule has 1 heterocycles. The maximum Gasteiger partial charge on any atom is 0.295 e. The Morgan fingerprint density at radius 3 is 2.44 bits per heavy atom. The zero-order valence-electron chi connectivity index (χ0n) is 20.3. The lowest BCUT2D eigenvalue weighted by Crippen LogP contribution is -2.38. The van der Waals surface area contributed by atoms with Crippen molar-refractivity contribution in [2.75, 3.05) is 32.8 Å². The third-order valence-electron chi connectivity index (χ3n) is 6.20. The Bertz CT molecular complexity index is 1080. The summed E-state index contributed by atoms with van der Waals surface area (Å²) in [6, 6.07) is 10.1. The van der Waals surface area contributed by atoms with E-state index in [-0.39, 0.29) is 23.4 Å². The molecule has 1 saturated heterocycles. The van der Waals surface area contributed by atoms with E-state index in [1.54, 1.807) is 36.4 Å². The van der Waals surface area contributed by atoms with Crippen molar-refractivity contribution in [1.29, 1.82) is 0 Å². The summed E-state index contributed by atoms with van der Waals surface area (Å²) < 4.78 is 20.6. The molecule has 1 fully saturated rings. The van der Waals surface area contributed by atoms with Gasteiger partial charge in [0.25, 0.3) is 11.7 Å². The Morgan fingerprint density at radius 1 is 1.12 bits per heavy atom. The van der Waals surface area contributed by atoms with Gasteiger partial charge in [-0.15, -0.1) is 0 Å². The van der Waals surface area contributed by atoms with Crippen molar-refractivity contribution in [2.24, 2.45) is 0 Å². The minimum atomic E-state index is -1.01. The number of ketones is 1. The molecule has 2 aromatic rings. The highest BCUT2D eigenvalue weighted by Gasteiger charge is 2.46. The minimum absolute atomic E-state index is 0.101. The van der Waals surface area contributed by atoms with E-state index in [0.29, 0.717) is 24.5 Å². The average molecular weight is 469 g/mol. The fourth-order valence-electron chi connectivity index (χ4n) is 4.25. The summed E-state index contributed by atoms with van der Waals surface area (Å²) >= 11 is 0. The van der Waals surface area contributed by atoms with E-state index in [4.69, 9.17) is 4.74 Å². The van der Waals surface area contributed by atoms with Crippen molar-refractivity contribution < 1.29 is 23.8 Å². The van der Waals surface area contributed by atoms with Gasteiger partial charge in [-0.3, -0.25) is 9.59 Å². The molecule has 1 aliphatic heterocycles. The van der Waals surface area contributed by atoms with Crippen molar-refractivity contribution >= 4 is 17.4 Å². The number of nitrogens with zero attached hydrogens (tertiary/aromatic N) is 2. The number of benzene rings is 2. The predicted octanol–water partition coefficient (Wildman–Crippen LogP) is 4.69. The fourth-order valence-corrected chi connectivity index (χ4v) is 4.25. The van der Waals surface area contributed by atoms with Crippen LogP contribution < -0.4 is 4.74 Å². The standard InChI is InChI=1S/C27H33FN2O4/c1-5-16-34-22-13-12-19(17-18(22)4)25(31)23-24(20-10-8-9-11-21(20)28)30(27(33)26(23)32)15-14-29(6-2)7-3/h8-13,17,24,31H,5-7,14-16H2,1-4H3/b25-23+. The highest BCUT2D eigenvalue weighted by molar-refractivity contribution is 6.46. The maximum atomic E-state index is 14.9. The van der Waals surface area contributed by atoms with Crippen molar-refractivity contribution in [3.63, 3.8) is 0 Å². The van der Waals surface area contributed by atoms with Gasteiger partial charge in [0, 0.05) is 24.2 Å². The molecule has 1 atom stereocenters. The fraction of sp³-hybridized carbons (Fsp3) is 0.407. The summed E-state index contributed by atoms with van der Waals surface area (Å²) in [4.78, 5) is 29.7. The van der Waals surface area contributed by atoms with Crippen LogP contribution in [0.3, 0.4) is 0 Å². The number of hydrogen-bond acceptors (Lipinski definition) is 5. The topological polar surface area (TPSA) is 70.1 Å². The second-order valence-electron chi connectivity index (χ2n) is 8.37. The normalized spacial score (nSPS) is 17.6. The van der Waals surface area contributed by atoms with Gasteiger partial charge in [-0.1, -0.05) is 39.0 Å². The minimum Gasteiger partial charge on any atom is -0.507 e. The Kier molecular flexibility index (Phi) is 8.45. The molecule has 3 rings (SSSR count). The van der Waals surface area contributed by atoms with Crippen LogP contribution in [0.4, 0.5) is 4.39 Å². The number of aliphatic hydroxyl groups is 1. The van der Waals surface area contributed by atoms with Crippen LogP contribution in [0.5, 0.6) is 5.75 Å². The molecule has 34 heavy (non-hydrogen) atoms. The number of ether oxygens (including phenoxy) is 1. The molecule has 182 valence electrons. The molecular formula is C27H33FN2O4. The van der Waals surface area contributed by atoms with Crippen LogP contribution >= 0.6 is 0 Å². The van der Waals surface area contributed by atoms with Gasteiger partial charge in [-0.05, 0) is 56.3 Å². The van der Waals surface area contributed by atoms with Crippen molar-refractivity contribution in [3.8, 4) is 5.75 Å². The molecule has 1 aliphatic rings. The molecular weight excluding hydrogens is 435 g/mol. The van der Waals surface area contributed by atoms with Crippen molar-refractivity contribution in [2.45, 2.75) is 40.2 Å². The first-order chi connectivity index (χ1) is 16.3. The summed E-state index contributed by atoms with van der Waals surface area (Å²) in [5, 5.41) is 11.2. The lowest BCUT2D eigenvalue weighted by Gasteiger charge is -2.28. The van der Waals surface area contributed by atoms with Gasteiger partial charge >= 0.3 is 0 Å². The van der Waals surface area contributed by atoms with E-state index in [1.165, 1.54) is 11.0 Å². The van der Waals surface area contributed by atoms with Gasteiger partial charge in [0.05, 0.1) is 18.2 Å². The first-order valence-corrected chi connectivity index (χ1v) is 11.8. The van der Waals surface area contributed by atoms with Gasteiger partial charge < -0.3 is 19.6 Å². The second-order valence-corrected chi connectivity index (χ2v) is 8.37. The van der Waals surface area contributed by atoms with Crippen LogP contribution in [-0.2, 0) is 9.59 Å². The van der Waals surface area contributed by atoms with Crippen LogP contribution in [0, 0.1) is 12.7 Å². The van der Waals surface area contributed by atoms with Crippen LogP contribution in [0.2, 0.25) is 0 Å². The third-order valence-corrected chi connectivity index (χ3v) is 6.20. The summed E-state index contributed by atoms with van der Waals surface area (Å²) in [6.07, 6.45) is 0.862. The van der Waals surface area contributed by atoms with Gasteiger partial charge in [-0.25, -0.2) is 4.39 Å². The van der Waals surface area contributed by atoms with Crippen molar-refractivity contribution in [3.05, 3.63) is 70.5 Å². The number of amides is 1. The summed E-state index contributed by atoms with van der Waals surface area (Å²) in [7, 11) is 0. The number of likely N-dealkylation sites (N-methyl/N-ethyl adjacent to an activating group) is 1. The van der Waals surface area contributed by atoms with E-state index in [9.17, 15) is 19.1 Å². The Balaban J connectivity index is 2.09. The van der Waals surface area contributed by atoms with Gasteiger partial charge in [0.1, 0.15) is 17.3 Å². The van der Waals surface area contributed by atoms with Crippen LogP contribution in [0.1, 0.15) is 49.9 Å². The molecule has 1 amide bonds. The lowest BCUT2D eigenvalue weighted by molar-refractivity contribution is -0.140.